The normalized spacial score (nSPS) is 22.8. The average molecular weight is 425 g/mol. The first-order chi connectivity index (χ1) is 8.53. The van der Waals surface area contributed by atoms with Gasteiger partial charge in [0.25, 0.3) is 0 Å². The fourth-order valence-electron chi connectivity index (χ4n) is 4.47. The Balaban J connectivity index is 0.00000200. The van der Waals surface area contributed by atoms with E-state index < -0.39 is 17.4 Å². The summed E-state index contributed by atoms with van der Waals surface area (Å²) in [5.74, 6) is 0.652. The van der Waals surface area contributed by atoms with Gasteiger partial charge in [-0.25, -0.2) is 0 Å². The maximum Gasteiger partial charge on any atom is -0.147 e. The number of hydrogen-bond acceptors (Lipinski definition) is 0. The minimum absolute atomic E-state index is 0. The van der Waals surface area contributed by atoms with Crippen LogP contribution in [0, 0.1) is 5.92 Å². The molecule has 0 spiro atoms. The molecule has 0 N–H and O–H groups in total. The molecule has 0 amide bonds. The summed E-state index contributed by atoms with van der Waals surface area (Å²) < 4.78 is 8.94. The molecule has 0 aromatic carbocycles. The summed E-state index contributed by atoms with van der Waals surface area (Å²) in [6.45, 7) is 14.0. The second-order valence-corrected chi connectivity index (χ2v) is 36.3. The van der Waals surface area contributed by atoms with E-state index in [9.17, 15) is 0 Å². The van der Waals surface area contributed by atoms with Gasteiger partial charge in [0.15, 0.2) is 0 Å². The Morgan fingerprint density at radius 2 is 1.62 bits per heavy atom. The van der Waals surface area contributed by atoms with E-state index in [1.165, 1.54) is 12.0 Å². The van der Waals surface area contributed by atoms with Crippen molar-refractivity contribution in [3.8, 4) is 0 Å². The first-order valence-electron chi connectivity index (χ1n) is 7.38. The van der Waals surface area contributed by atoms with Crippen LogP contribution in [0.1, 0.15) is 41.0 Å². The summed E-state index contributed by atoms with van der Waals surface area (Å²) >= 11 is -2.93. The minimum Gasteiger partial charge on any atom is -0.147 e. The third kappa shape index (κ3) is 3.60. The average Bonchev–Trinajstić information content (AvgIpc) is 2.68. The molecule has 0 saturated heterocycles. The molecule has 1 atom stereocenters. The number of halogens is 2. The molecular formula is C17H30Cl2SiZr. The van der Waals surface area contributed by atoms with Gasteiger partial charge in [-0.3, -0.25) is 0 Å². The molecule has 4 heteroatoms. The summed E-state index contributed by atoms with van der Waals surface area (Å²) in [4.78, 5) is 0. The Hall–Kier alpha value is 0.640. The molecule has 0 aromatic rings. The largest absolute Gasteiger partial charge is 0.147 e. The smallest absolute Gasteiger partial charge is 0.147 e. The summed E-state index contributed by atoms with van der Waals surface area (Å²) in [5, 5.41) is 0. The van der Waals surface area contributed by atoms with Gasteiger partial charge in [0.2, 0.25) is 0 Å². The van der Waals surface area contributed by atoms with Gasteiger partial charge >= 0.3 is 122 Å². The van der Waals surface area contributed by atoms with Gasteiger partial charge in [0.05, 0.1) is 0 Å². The molecule has 21 heavy (non-hydrogen) atoms. The summed E-state index contributed by atoms with van der Waals surface area (Å²) in [5.41, 5.74) is 6.24. The van der Waals surface area contributed by atoms with Crippen molar-refractivity contribution < 1.29 is 17.4 Å². The van der Waals surface area contributed by atoms with Crippen molar-refractivity contribution in [1.29, 1.82) is 0 Å². The van der Waals surface area contributed by atoms with Gasteiger partial charge in [-0.05, 0) is 0 Å². The second-order valence-electron chi connectivity index (χ2n) is 7.69. The van der Waals surface area contributed by atoms with Gasteiger partial charge in [-0.15, -0.1) is 24.8 Å². The van der Waals surface area contributed by atoms with E-state index >= 15 is 0 Å². The van der Waals surface area contributed by atoms with Crippen LogP contribution in [0.15, 0.2) is 41.0 Å². The molecule has 0 saturated carbocycles. The molecule has 0 aromatic heterocycles. The minimum atomic E-state index is -2.93. The fourth-order valence-corrected chi connectivity index (χ4v) is 23.7. The maximum absolute atomic E-state index is 2.93. The van der Waals surface area contributed by atoms with Crippen molar-refractivity contribution in [2.75, 3.05) is 0 Å². The number of hydrogen-bond donors (Lipinski definition) is 0. The number of rotatable bonds is 2. The van der Waals surface area contributed by atoms with Gasteiger partial charge in [0, 0.05) is 0 Å². The predicted molar refractivity (Wildman–Crippen MR) is 101 cm³/mol. The SMILES string of the molecule is CC1=CC(C)=[C]([Zr]([CH3])([CH3])(=[SiH2])[C]2=C(C)C(C)=CC2C)C1.Cl.Cl. The van der Waals surface area contributed by atoms with Crippen molar-refractivity contribution in [1.82, 2.24) is 0 Å². The van der Waals surface area contributed by atoms with Crippen molar-refractivity contribution in [2.24, 2.45) is 5.92 Å². The number of allylic oxidation sites excluding steroid dienone is 8. The molecular weight excluding hydrogens is 394 g/mol. The molecule has 1 unspecified atom stereocenters. The third-order valence-electron chi connectivity index (χ3n) is 5.18. The van der Waals surface area contributed by atoms with Gasteiger partial charge in [-0.1, -0.05) is 0 Å². The van der Waals surface area contributed by atoms with Crippen LogP contribution in [-0.4, -0.2) is 6.88 Å². The van der Waals surface area contributed by atoms with E-state index in [1.807, 2.05) is 6.56 Å². The van der Waals surface area contributed by atoms with E-state index in [4.69, 9.17) is 0 Å². The topological polar surface area (TPSA) is 0 Å². The molecule has 2 rings (SSSR count). The Bertz CT molecular complexity index is 642. The predicted octanol–water partition coefficient (Wildman–Crippen LogP) is 5.66. The van der Waals surface area contributed by atoms with Crippen molar-refractivity contribution in [3.63, 3.8) is 0 Å². The van der Waals surface area contributed by atoms with Crippen molar-refractivity contribution >= 4 is 31.7 Å². The zero-order valence-corrected chi connectivity index (χ0v) is 20.0. The van der Waals surface area contributed by atoms with E-state index in [2.05, 4.69) is 62.9 Å². The molecule has 120 valence electrons. The standard InChI is InChI=1S/C8H11.C7H9.2CH3.2ClH.H2Si.Zr/c1-6-4-7(2)8(3)5-6;1-6-3-4-7(2)5-6;;;;;;/h4,6H,1-3H3;5H,3H2,1-2H3;2*1H3;2*1H;1H2;. The van der Waals surface area contributed by atoms with Gasteiger partial charge in [0.1, 0.15) is 0 Å². The molecule has 0 fully saturated rings. The van der Waals surface area contributed by atoms with Crippen LogP contribution in [0.3, 0.4) is 0 Å². The van der Waals surface area contributed by atoms with E-state index in [0.717, 1.165) is 0 Å². The third-order valence-corrected chi connectivity index (χ3v) is 22.4. The van der Waals surface area contributed by atoms with Crippen LogP contribution in [0.4, 0.5) is 0 Å². The Labute approximate surface area is 145 Å². The molecule has 0 bridgehead atoms. The van der Waals surface area contributed by atoms with Crippen molar-refractivity contribution in [3.05, 3.63) is 41.0 Å². The van der Waals surface area contributed by atoms with Gasteiger partial charge < -0.3 is 0 Å². The molecule has 0 nitrogen and oxygen atoms in total. The Morgan fingerprint density at radius 1 is 1.10 bits per heavy atom. The maximum atomic E-state index is 2.65. The quantitative estimate of drug-likeness (QED) is 0.502. The Kier molecular flexibility index (Phi) is 6.84. The molecule has 0 heterocycles. The van der Waals surface area contributed by atoms with Crippen LogP contribution in [-0.2, 0) is 17.4 Å². The summed E-state index contributed by atoms with van der Waals surface area (Å²) in [6, 6.07) is 0. The zero-order valence-electron chi connectivity index (χ0n) is 14.5. The molecule has 0 radical (unpaired) electrons. The molecule has 2 aliphatic rings. The van der Waals surface area contributed by atoms with Crippen LogP contribution in [0.25, 0.3) is 0 Å². The molecule has 0 aliphatic heterocycles. The van der Waals surface area contributed by atoms with E-state index in [1.54, 1.807) is 16.7 Å². The first-order valence-corrected chi connectivity index (χ1v) is 20.7. The van der Waals surface area contributed by atoms with Gasteiger partial charge in [-0.2, -0.15) is 0 Å². The van der Waals surface area contributed by atoms with Crippen molar-refractivity contribution in [2.45, 2.75) is 50.3 Å². The summed E-state index contributed by atoms with van der Waals surface area (Å²) in [6.07, 6.45) is 6.12. The van der Waals surface area contributed by atoms with E-state index in [0.29, 0.717) is 5.92 Å². The first kappa shape index (κ1) is 21.6. The summed E-state index contributed by atoms with van der Waals surface area (Å²) in [7, 11) is 0. The zero-order chi connectivity index (χ0) is 14.6. The van der Waals surface area contributed by atoms with Crippen LogP contribution in [0.5, 0.6) is 0 Å². The Morgan fingerprint density at radius 3 is 1.95 bits per heavy atom. The molecule has 2 aliphatic carbocycles. The van der Waals surface area contributed by atoms with E-state index in [-0.39, 0.29) is 24.8 Å². The monoisotopic (exact) mass is 422 g/mol. The van der Waals surface area contributed by atoms with Crippen LogP contribution >= 0.6 is 24.8 Å². The van der Waals surface area contributed by atoms with Crippen LogP contribution in [0.2, 0.25) is 9.26 Å². The second kappa shape index (κ2) is 6.63. The fraction of sp³-hybridized carbons (Fsp3) is 0.529. The van der Waals surface area contributed by atoms with Crippen LogP contribution < -0.4 is 0 Å².